The second-order valence-corrected chi connectivity index (χ2v) is 7.59. The molecule has 0 saturated heterocycles. The normalized spacial score (nSPS) is 14.6. The molecule has 7 heteroatoms. The predicted molar refractivity (Wildman–Crippen MR) is 123 cm³/mol. The number of anilines is 1. The molecule has 0 saturated carbocycles. The molecule has 30 heavy (non-hydrogen) atoms. The van der Waals surface area contributed by atoms with E-state index in [9.17, 15) is 9.59 Å². The Morgan fingerprint density at radius 3 is 2.60 bits per heavy atom. The van der Waals surface area contributed by atoms with E-state index in [0.717, 1.165) is 34.4 Å². The molecule has 0 unspecified atom stereocenters. The Morgan fingerprint density at radius 1 is 1.10 bits per heavy atom. The molecular weight excluding hydrogens is 396 g/mol. The molecule has 0 spiro atoms. The van der Waals surface area contributed by atoms with Crippen molar-refractivity contribution in [3.63, 3.8) is 0 Å². The van der Waals surface area contributed by atoms with E-state index in [2.05, 4.69) is 23.1 Å². The van der Waals surface area contributed by atoms with Gasteiger partial charge in [0.2, 0.25) is 11.8 Å². The molecule has 0 fully saturated rings. The van der Waals surface area contributed by atoms with Gasteiger partial charge in [-0.2, -0.15) is 0 Å². The van der Waals surface area contributed by atoms with Crippen molar-refractivity contribution in [2.24, 2.45) is 0 Å². The molecule has 2 aromatic rings. The number of carbonyl (C=O) groups excluding carboxylic acids is 2. The van der Waals surface area contributed by atoms with Gasteiger partial charge >= 0.3 is 0 Å². The van der Waals surface area contributed by atoms with Crippen molar-refractivity contribution in [1.29, 1.82) is 0 Å². The number of fused-ring (bicyclic) bond motifs is 1. The number of amides is 2. The number of thiocarbonyl (C=S) groups is 1. The van der Waals surface area contributed by atoms with Gasteiger partial charge in [-0.05, 0) is 53.9 Å². The van der Waals surface area contributed by atoms with Crippen LogP contribution in [0.1, 0.15) is 48.6 Å². The van der Waals surface area contributed by atoms with E-state index in [4.69, 9.17) is 12.2 Å². The monoisotopic (exact) mass is 422 g/mol. The molecule has 2 aromatic carbocycles. The van der Waals surface area contributed by atoms with Crippen LogP contribution in [-0.2, 0) is 16.0 Å². The lowest BCUT2D eigenvalue weighted by Crippen LogP contribution is -2.45. The molecule has 0 radical (unpaired) electrons. The first-order chi connectivity index (χ1) is 14.4. The van der Waals surface area contributed by atoms with Crippen molar-refractivity contribution in [2.45, 2.75) is 39.7 Å². The predicted octanol–water partition coefficient (Wildman–Crippen LogP) is 3.84. The SMILES string of the molecule is CCc1cccc(C)c1NC(=S)NNC(=O)C[C@@H]1c2ccccc2C=CN1C(C)=O. The van der Waals surface area contributed by atoms with Crippen molar-refractivity contribution in [2.75, 3.05) is 5.32 Å². The van der Waals surface area contributed by atoms with Gasteiger partial charge in [-0.15, -0.1) is 0 Å². The first-order valence-electron chi connectivity index (χ1n) is 9.91. The molecule has 1 aliphatic heterocycles. The summed E-state index contributed by atoms with van der Waals surface area (Å²) in [5.74, 6) is -0.378. The summed E-state index contributed by atoms with van der Waals surface area (Å²) in [6.45, 7) is 5.58. The maximum absolute atomic E-state index is 12.6. The smallest absolute Gasteiger partial charge is 0.240 e. The number of nitrogens with zero attached hydrogens (tertiary/aromatic N) is 1. The lowest BCUT2D eigenvalue weighted by atomic mass is 9.93. The van der Waals surface area contributed by atoms with E-state index in [-0.39, 0.29) is 24.3 Å². The van der Waals surface area contributed by atoms with Gasteiger partial charge in [0.25, 0.3) is 0 Å². The highest BCUT2D eigenvalue weighted by atomic mass is 32.1. The molecule has 1 heterocycles. The fourth-order valence-electron chi connectivity index (χ4n) is 3.61. The lowest BCUT2D eigenvalue weighted by Gasteiger charge is -2.32. The van der Waals surface area contributed by atoms with Crippen LogP contribution in [0.15, 0.2) is 48.7 Å². The molecule has 2 amide bonds. The highest BCUT2D eigenvalue weighted by Gasteiger charge is 2.28. The zero-order chi connectivity index (χ0) is 21.7. The van der Waals surface area contributed by atoms with Crippen molar-refractivity contribution in [3.8, 4) is 0 Å². The van der Waals surface area contributed by atoms with Gasteiger partial charge in [-0.1, -0.05) is 49.4 Å². The number of aryl methyl sites for hydroxylation is 2. The molecule has 0 aromatic heterocycles. The largest absolute Gasteiger partial charge is 0.331 e. The van der Waals surface area contributed by atoms with Crippen molar-refractivity contribution >= 4 is 40.9 Å². The minimum atomic E-state index is -0.366. The molecule has 0 aliphatic carbocycles. The van der Waals surface area contributed by atoms with E-state index in [1.54, 1.807) is 11.1 Å². The highest BCUT2D eigenvalue weighted by molar-refractivity contribution is 7.80. The van der Waals surface area contributed by atoms with Gasteiger partial charge in [0.15, 0.2) is 5.11 Å². The van der Waals surface area contributed by atoms with Crippen LogP contribution in [0.4, 0.5) is 5.69 Å². The Kier molecular flexibility index (Phi) is 6.84. The summed E-state index contributed by atoms with van der Waals surface area (Å²) in [6.07, 6.45) is 4.60. The summed E-state index contributed by atoms with van der Waals surface area (Å²) < 4.78 is 0. The minimum absolute atomic E-state index is 0.112. The molecule has 1 atom stereocenters. The van der Waals surface area contributed by atoms with E-state index in [1.807, 2.05) is 55.5 Å². The van der Waals surface area contributed by atoms with Crippen LogP contribution < -0.4 is 16.2 Å². The van der Waals surface area contributed by atoms with Crippen molar-refractivity contribution in [3.05, 3.63) is 70.9 Å². The van der Waals surface area contributed by atoms with Crippen LogP contribution in [0.3, 0.4) is 0 Å². The van der Waals surface area contributed by atoms with Crippen molar-refractivity contribution in [1.82, 2.24) is 15.8 Å². The number of nitrogens with one attached hydrogen (secondary N) is 3. The van der Waals surface area contributed by atoms with Gasteiger partial charge in [0.1, 0.15) is 0 Å². The highest BCUT2D eigenvalue weighted by Crippen LogP contribution is 2.32. The fourth-order valence-corrected chi connectivity index (χ4v) is 3.77. The van der Waals surface area contributed by atoms with Crippen LogP contribution in [0.5, 0.6) is 0 Å². The van der Waals surface area contributed by atoms with Crippen LogP contribution in [0, 0.1) is 6.92 Å². The fraction of sp³-hybridized carbons (Fsp3) is 0.261. The quantitative estimate of drug-likeness (QED) is 0.516. The molecule has 3 rings (SSSR count). The third-order valence-electron chi connectivity index (χ3n) is 5.14. The summed E-state index contributed by atoms with van der Waals surface area (Å²) in [5, 5.41) is 3.47. The molecule has 6 nitrogen and oxygen atoms in total. The number of para-hydroxylation sites is 1. The Balaban J connectivity index is 1.63. The maximum Gasteiger partial charge on any atom is 0.240 e. The zero-order valence-electron chi connectivity index (χ0n) is 17.4. The summed E-state index contributed by atoms with van der Waals surface area (Å²) >= 11 is 5.34. The molecule has 1 aliphatic rings. The lowest BCUT2D eigenvalue weighted by molar-refractivity contribution is -0.130. The van der Waals surface area contributed by atoms with Crippen LogP contribution in [0.25, 0.3) is 6.08 Å². The summed E-state index contributed by atoms with van der Waals surface area (Å²) in [5.41, 5.74) is 10.5. The number of benzene rings is 2. The van der Waals surface area contributed by atoms with Crippen LogP contribution in [-0.4, -0.2) is 21.8 Å². The summed E-state index contributed by atoms with van der Waals surface area (Å²) in [6, 6.07) is 13.4. The van der Waals surface area contributed by atoms with Crippen molar-refractivity contribution < 1.29 is 9.59 Å². The zero-order valence-corrected chi connectivity index (χ0v) is 18.2. The number of carbonyl (C=O) groups is 2. The average Bonchev–Trinajstić information content (AvgIpc) is 2.73. The summed E-state index contributed by atoms with van der Waals surface area (Å²) in [4.78, 5) is 26.3. The van der Waals surface area contributed by atoms with Gasteiger partial charge in [0, 0.05) is 18.8 Å². The Labute approximate surface area is 182 Å². The number of hydrazine groups is 1. The van der Waals surface area contributed by atoms with Gasteiger partial charge < -0.3 is 10.2 Å². The number of rotatable bonds is 4. The van der Waals surface area contributed by atoms with E-state index in [0.29, 0.717) is 5.11 Å². The van der Waals surface area contributed by atoms with E-state index < -0.39 is 0 Å². The van der Waals surface area contributed by atoms with Gasteiger partial charge in [-0.25, -0.2) is 0 Å². The molecule has 156 valence electrons. The second kappa shape index (κ2) is 9.54. The Bertz CT molecular complexity index is 1000. The average molecular weight is 423 g/mol. The van der Waals surface area contributed by atoms with E-state index in [1.165, 1.54) is 6.92 Å². The van der Waals surface area contributed by atoms with Gasteiger partial charge in [-0.3, -0.25) is 20.4 Å². The second-order valence-electron chi connectivity index (χ2n) is 7.18. The standard InChI is InChI=1S/C23H26N4O2S/c1-4-17-10-7-8-15(2)22(17)24-23(30)26-25-21(29)14-20-19-11-6-5-9-18(19)12-13-27(20)16(3)28/h5-13,20H,4,14H2,1-3H3,(H,25,29)(H2,24,26,30)/t20-/m1/s1. The third-order valence-corrected chi connectivity index (χ3v) is 5.35. The first-order valence-corrected chi connectivity index (χ1v) is 10.3. The molecule has 3 N–H and O–H groups in total. The van der Waals surface area contributed by atoms with Crippen LogP contribution >= 0.6 is 12.2 Å². The molecule has 0 bridgehead atoms. The third kappa shape index (κ3) is 4.86. The van der Waals surface area contributed by atoms with Gasteiger partial charge in [0.05, 0.1) is 12.5 Å². The Morgan fingerprint density at radius 2 is 1.87 bits per heavy atom. The Hall–Kier alpha value is -3.19. The van der Waals surface area contributed by atoms with Crippen LogP contribution in [0.2, 0.25) is 0 Å². The first kappa shape index (κ1) is 21.5. The topological polar surface area (TPSA) is 73.5 Å². The number of hydrogen-bond donors (Lipinski definition) is 3. The summed E-state index contributed by atoms with van der Waals surface area (Å²) in [7, 11) is 0. The minimum Gasteiger partial charge on any atom is -0.331 e. The maximum atomic E-state index is 12.6. The van der Waals surface area contributed by atoms with E-state index >= 15 is 0 Å². The number of hydrogen-bond acceptors (Lipinski definition) is 3. The molecular formula is C23H26N4O2S.